The van der Waals surface area contributed by atoms with Crippen LogP contribution in [0.5, 0.6) is 0 Å². The van der Waals surface area contributed by atoms with E-state index < -0.39 is 29.5 Å². The number of nitrogens with one attached hydrogen (secondary N) is 4. The smallest absolute Gasteiger partial charge is 0.360 e. The number of benzene rings is 2. The fourth-order valence-electron chi connectivity index (χ4n) is 2.52. The number of anilines is 2. The third kappa shape index (κ3) is 7.55. The Labute approximate surface area is 185 Å². The first-order valence-corrected chi connectivity index (χ1v) is 9.64. The molecule has 0 spiro atoms. The molecule has 4 N–H and O–H groups in total. The third-order valence-corrected chi connectivity index (χ3v) is 4.37. The Hall–Kier alpha value is -2.60. The zero-order valence-electron chi connectivity index (χ0n) is 16.0. The molecule has 0 amide bonds. The molecular formula is C19H18F6N4S2. The van der Waals surface area contributed by atoms with Gasteiger partial charge in [-0.25, -0.2) is 0 Å². The first kappa shape index (κ1) is 24.7. The molecule has 0 heterocycles. The molecule has 12 heteroatoms. The summed E-state index contributed by atoms with van der Waals surface area (Å²) in [6.45, 7) is 1.81. The Bertz CT molecular complexity index is 930. The van der Waals surface area contributed by atoms with E-state index in [-0.39, 0.29) is 28.1 Å². The molecule has 2 aromatic carbocycles. The van der Waals surface area contributed by atoms with Crippen LogP contribution in [0.25, 0.3) is 0 Å². The summed E-state index contributed by atoms with van der Waals surface area (Å²) < 4.78 is 78.2. The van der Waals surface area contributed by atoms with Crippen molar-refractivity contribution in [1.29, 1.82) is 0 Å². The van der Waals surface area contributed by atoms with E-state index in [2.05, 4.69) is 21.3 Å². The molecule has 0 unspecified atom stereocenters. The molecule has 0 bridgehead atoms. The van der Waals surface area contributed by atoms with Crippen molar-refractivity contribution in [3.8, 4) is 0 Å². The zero-order valence-corrected chi connectivity index (χ0v) is 17.6. The van der Waals surface area contributed by atoms with E-state index in [9.17, 15) is 26.3 Å². The van der Waals surface area contributed by atoms with Gasteiger partial charge in [0.1, 0.15) is 0 Å². The van der Waals surface area contributed by atoms with E-state index in [0.29, 0.717) is 0 Å². The Morgan fingerprint density at radius 1 is 0.774 bits per heavy atom. The topological polar surface area (TPSA) is 48.1 Å². The van der Waals surface area contributed by atoms with Gasteiger partial charge in [0.25, 0.3) is 0 Å². The summed E-state index contributed by atoms with van der Waals surface area (Å²) in [4.78, 5) is 0. The summed E-state index contributed by atoms with van der Waals surface area (Å²) in [6, 6.07) is 9.35. The van der Waals surface area contributed by atoms with Crippen molar-refractivity contribution in [3.63, 3.8) is 0 Å². The second-order valence-electron chi connectivity index (χ2n) is 6.42. The molecule has 0 aromatic heterocycles. The predicted molar refractivity (Wildman–Crippen MR) is 116 cm³/mol. The van der Waals surface area contributed by atoms with Crippen molar-refractivity contribution in [3.05, 3.63) is 59.7 Å². The fourth-order valence-corrected chi connectivity index (χ4v) is 3.03. The van der Waals surface area contributed by atoms with Gasteiger partial charge in [0.15, 0.2) is 10.2 Å². The highest BCUT2D eigenvalue weighted by molar-refractivity contribution is 7.80. The largest absolute Gasteiger partial charge is 0.418 e. The first-order chi connectivity index (χ1) is 14.4. The standard InChI is InChI=1S/C19H18F6N4S2/c1-11(27-17(31)29-15-9-5-3-7-13(15)19(23,24)25)10-26-16(30)28-14-8-4-2-6-12(14)18(20,21)22/h2-9,11H,10H2,1H3,(H2,26,28,30)(H2,27,29,31)/t11-/m1/s1. The van der Waals surface area contributed by atoms with Crippen LogP contribution in [0.1, 0.15) is 18.1 Å². The second-order valence-corrected chi connectivity index (χ2v) is 7.24. The zero-order chi connectivity index (χ0) is 23.2. The molecule has 0 fully saturated rings. The average molecular weight is 481 g/mol. The Balaban J connectivity index is 1.88. The predicted octanol–water partition coefficient (Wildman–Crippen LogP) is 5.39. The van der Waals surface area contributed by atoms with Crippen LogP contribution in [0.15, 0.2) is 48.5 Å². The maximum absolute atomic E-state index is 13.0. The number of hydrogen-bond acceptors (Lipinski definition) is 2. The number of alkyl halides is 6. The molecule has 2 aromatic rings. The van der Waals surface area contributed by atoms with Crippen LogP contribution in [0.3, 0.4) is 0 Å². The highest BCUT2D eigenvalue weighted by Crippen LogP contribution is 2.35. The van der Waals surface area contributed by atoms with Crippen LogP contribution in [0, 0.1) is 0 Å². The van der Waals surface area contributed by atoms with Gasteiger partial charge in [-0.15, -0.1) is 0 Å². The number of para-hydroxylation sites is 2. The molecule has 0 saturated heterocycles. The summed E-state index contributed by atoms with van der Waals surface area (Å²) in [6.07, 6.45) is -9.09. The summed E-state index contributed by atoms with van der Waals surface area (Å²) in [7, 11) is 0. The van der Waals surface area contributed by atoms with Crippen LogP contribution >= 0.6 is 24.4 Å². The van der Waals surface area contributed by atoms with Gasteiger partial charge in [-0.2, -0.15) is 26.3 Å². The fraction of sp³-hybridized carbons (Fsp3) is 0.263. The molecule has 1 atom stereocenters. The molecule has 0 saturated carbocycles. The average Bonchev–Trinajstić information content (AvgIpc) is 2.65. The van der Waals surface area contributed by atoms with Gasteiger partial charge in [0.2, 0.25) is 0 Å². The molecule has 168 valence electrons. The maximum atomic E-state index is 13.0. The minimum Gasteiger partial charge on any atom is -0.360 e. The van der Waals surface area contributed by atoms with Crippen LogP contribution in [-0.2, 0) is 12.4 Å². The molecule has 0 aliphatic rings. The lowest BCUT2D eigenvalue weighted by molar-refractivity contribution is -0.137. The quantitative estimate of drug-likeness (QED) is 0.340. The van der Waals surface area contributed by atoms with Gasteiger partial charge < -0.3 is 21.3 Å². The van der Waals surface area contributed by atoms with Crippen molar-refractivity contribution in [2.75, 3.05) is 17.2 Å². The van der Waals surface area contributed by atoms with Crippen molar-refractivity contribution in [2.45, 2.75) is 25.3 Å². The molecular weight excluding hydrogens is 462 g/mol. The van der Waals surface area contributed by atoms with E-state index in [1.807, 2.05) is 0 Å². The summed E-state index contributed by atoms with van der Waals surface area (Å²) in [5.74, 6) is 0. The van der Waals surface area contributed by atoms with E-state index in [0.717, 1.165) is 12.1 Å². The number of thiocarbonyl (C=S) groups is 2. The highest BCUT2D eigenvalue weighted by Gasteiger charge is 2.34. The normalized spacial score (nSPS) is 12.6. The Kier molecular flexibility index (Phi) is 8.07. The highest BCUT2D eigenvalue weighted by atomic mass is 32.1. The van der Waals surface area contributed by atoms with Gasteiger partial charge in [-0.05, 0) is 55.6 Å². The van der Waals surface area contributed by atoms with Crippen molar-refractivity contribution >= 4 is 46.0 Å². The van der Waals surface area contributed by atoms with Crippen molar-refractivity contribution < 1.29 is 26.3 Å². The molecule has 0 radical (unpaired) electrons. The summed E-state index contributed by atoms with van der Waals surface area (Å²) in [5, 5.41) is 10.4. The lowest BCUT2D eigenvalue weighted by Crippen LogP contribution is -2.44. The first-order valence-electron chi connectivity index (χ1n) is 8.82. The van der Waals surface area contributed by atoms with Crippen LogP contribution in [-0.4, -0.2) is 22.8 Å². The van der Waals surface area contributed by atoms with Crippen molar-refractivity contribution in [1.82, 2.24) is 10.6 Å². The minimum atomic E-state index is -4.54. The van der Waals surface area contributed by atoms with Gasteiger partial charge in [0, 0.05) is 12.6 Å². The number of rotatable bonds is 5. The molecule has 31 heavy (non-hydrogen) atoms. The van der Waals surface area contributed by atoms with E-state index in [1.54, 1.807) is 6.92 Å². The molecule has 2 rings (SSSR count). The van der Waals surface area contributed by atoms with Crippen LogP contribution in [0.4, 0.5) is 37.7 Å². The minimum absolute atomic E-state index is 0.0488. The monoisotopic (exact) mass is 480 g/mol. The van der Waals surface area contributed by atoms with E-state index >= 15 is 0 Å². The van der Waals surface area contributed by atoms with Crippen LogP contribution < -0.4 is 21.3 Å². The van der Waals surface area contributed by atoms with Gasteiger partial charge in [-0.3, -0.25) is 0 Å². The second kappa shape index (κ2) is 10.1. The molecule has 0 aliphatic carbocycles. The van der Waals surface area contributed by atoms with Crippen molar-refractivity contribution in [2.24, 2.45) is 0 Å². The molecule has 0 aliphatic heterocycles. The SMILES string of the molecule is C[C@H](CNC(=S)Nc1ccccc1C(F)(F)F)NC(=S)Nc1ccccc1C(F)(F)F. The lowest BCUT2D eigenvalue weighted by atomic mass is 10.1. The maximum Gasteiger partial charge on any atom is 0.418 e. The third-order valence-electron chi connectivity index (χ3n) is 3.91. The van der Waals surface area contributed by atoms with Gasteiger partial charge in [0.05, 0.1) is 22.5 Å². The molecule has 4 nitrogen and oxygen atoms in total. The van der Waals surface area contributed by atoms with Crippen LogP contribution in [0.2, 0.25) is 0 Å². The van der Waals surface area contributed by atoms with E-state index in [4.69, 9.17) is 24.4 Å². The summed E-state index contributed by atoms with van der Waals surface area (Å²) in [5.41, 5.74) is -2.12. The lowest BCUT2D eigenvalue weighted by Gasteiger charge is -2.21. The van der Waals surface area contributed by atoms with Gasteiger partial charge >= 0.3 is 12.4 Å². The number of halogens is 6. The number of hydrogen-bond donors (Lipinski definition) is 4. The Morgan fingerprint density at radius 2 is 1.19 bits per heavy atom. The van der Waals surface area contributed by atoms with Gasteiger partial charge in [-0.1, -0.05) is 24.3 Å². The summed E-state index contributed by atoms with van der Waals surface area (Å²) >= 11 is 10.1. The van der Waals surface area contributed by atoms with E-state index in [1.165, 1.54) is 36.4 Å². The Morgan fingerprint density at radius 3 is 1.65 bits per heavy atom.